The molecule has 68 valence electrons. The van der Waals surface area contributed by atoms with E-state index in [1.54, 1.807) is 29.7 Å². The second kappa shape index (κ2) is 5.32. The molecule has 1 aromatic rings. The summed E-state index contributed by atoms with van der Waals surface area (Å²) in [5.74, 6) is 0. The van der Waals surface area contributed by atoms with Crippen LogP contribution < -0.4 is 5.32 Å². The third-order valence-corrected chi connectivity index (χ3v) is 2.29. The molecule has 0 unspecified atom stereocenters. The summed E-state index contributed by atoms with van der Waals surface area (Å²) in [6, 6.07) is 4.08. The van der Waals surface area contributed by atoms with E-state index >= 15 is 0 Å². The van der Waals surface area contributed by atoms with E-state index in [0.29, 0.717) is 0 Å². The van der Waals surface area contributed by atoms with Crippen LogP contribution in [0.25, 0.3) is 0 Å². The summed E-state index contributed by atoms with van der Waals surface area (Å²) in [5.41, 5.74) is 0. The largest absolute Gasteiger partial charge is 0.354 e. The molecule has 0 spiro atoms. The van der Waals surface area contributed by atoms with Crippen molar-refractivity contribution in [2.45, 2.75) is 6.92 Å². The Labute approximate surface area is 81.6 Å². The van der Waals surface area contributed by atoms with Gasteiger partial charge in [0.15, 0.2) is 0 Å². The lowest BCUT2D eigenvalue weighted by Gasteiger charge is -1.91. The molecule has 0 aromatic carbocycles. The van der Waals surface area contributed by atoms with Gasteiger partial charge in [0.05, 0.1) is 5.00 Å². The molecule has 0 saturated heterocycles. The van der Waals surface area contributed by atoms with E-state index in [1.807, 2.05) is 6.07 Å². The second-order valence-corrected chi connectivity index (χ2v) is 3.72. The molecule has 2 nitrogen and oxygen atoms in total. The van der Waals surface area contributed by atoms with Crippen LogP contribution in [0.15, 0.2) is 36.6 Å². The topological polar surface area (TPSA) is 29.1 Å². The average Bonchev–Trinajstić information content (AvgIpc) is 2.51. The first-order valence-electron chi connectivity index (χ1n) is 3.93. The van der Waals surface area contributed by atoms with Crippen LogP contribution in [0.2, 0.25) is 0 Å². The number of allylic oxidation sites excluding steroid dienone is 3. The Morgan fingerprint density at radius 2 is 2.15 bits per heavy atom. The highest BCUT2D eigenvalue weighted by Gasteiger charge is 1.90. The van der Waals surface area contributed by atoms with Crippen molar-refractivity contribution in [1.82, 2.24) is 0 Å². The van der Waals surface area contributed by atoms with Crippen molar-refractivity contribution in [1.29, 1.82) is 0 Å². The van der Waals surface area contributed by atoms with Crippen LogP contribution in [0, 0.1) is 6.92 Å². The van der Waals surface area contributed by atoms with Crippen molar-refractivity contribution < 1.29 is 4.79 Å². The summed E-state index contributed by atoms with van der Waals surface area (Å²) in [6.45, 7) is 2.06. The van der Waals surface area contributed by atoms with Gasteiger partial charge >= 0.3 is 0 Å². The summed E-state index contributed by atoms with van der Waals surface area (Å²) in [4.78, 5) is 11.2. The number of aldehydes is 1. The standard InChI is InChI=1S/C10H11NOS/c1-9-5-6-10(13-9)11-7-3-2-4-8-12/h2-8,11H,1H3/b4-2-,7-3-. The van der Waals surface area contributed by atoms with Gasteiger partial charge in [0.2, 0.25) is 0 Å². The molecule has 0 radical (unpaired) electrons. The maximum Gasteiger partial charge on any atom is 0.142 e. The zero-order chi connectivity index (χ0) is 9.52. The van der Waals surface area contributed by atoms with Crippen molar-refractivity contribution in [3.63, 3.8) is 0 Å². The highest BCUT2D eigenvalue weighted by molar-refractivity contribution is 7.16. The third kappa shape index (κ3) is 3.71. The van der Waals surface area contributed by atoms with Gasteiger partial charge in [0, 0.05) is 11.1 Å². The minimum Gasteiger partial charge on any atom is -0.354 e. The van der Waals surface area contributed by atoms with Crippen LogP contribution in [-0.4, -0.2) is 6.29 Å². The van der Waals surface area contributed by atoms with Crippen molar-refractivity contribution in [2.75, 3.05) is 5.32 Å². The number of anilines is 1. The Hall–Kier alpha value is -1.35. The van der Waals surface area contributed by atoms with E-state index in [1.165, 1.54) is 11.0 Å². The molecule has 0 aliphatic rings. The van der Waals surface area contributed by atoms with Crippen LogP contribution in [0.4, 0.5) is 5.00 Å². The fraction of sp³-hybridized carbons (Fsp3) is 0.100. The predicted octanol–water partition coefficient (Wildman–Crippen LogP) is 2.74. The quantitative estimate of drug-likeness (QED) is 0.452. The molecule has 1 N–H and O–H groups in total. The summed E-state index contributed by atoms with van der Waals surface area (Å²) in [5, 5.41) is 4.20. The molecule has 0 aliphatic carbocycles. The molecule has 1 rings (SSSR count). The van der Waals surface area contributed by atoms with Crippen molar-refractivity contribution in [2.24, 2.45) is 0 Å². The smallest absolute Gasteiger partial charge is 0.142 e. The summed E-state index contributed by atoms with van der Waals surface area (Å²) in [7, 11) is 0. The number of nitrogens with one attached hydrogen (secondary N) is 1. The van der Waals surface area contributed by atoms with Gasteiger partial charge < -0.3 is 5.32 Å². The van der Waals surface area contributed by atoms with Gasteiger partial charge in [0.1, 0.15) is 6.29 Å². The molecule has 0 fully saturated rings. The monoisotopic (exact) mass is 193 g/mol. The van der Waals surface area contributed by atoms with Gasteiger partial charge in [0.25, 0.3) is 0 Å². The maximum absolute atomic E-state index is 9.90. The molecule has 0 aliphatic heterocycles. The number of hydrogen-bond donors (Lipinski definition) is 1. The first-order chi connectivity index (χ1) is 6.33. The summed E-state index contributed by atoms with van der Waals surface area (Å²) in [6.07, 6.45) is 7.45. The Morgan fingerprint density at radius 1 is 1.31 bits per heavy atom. The molecule has 0 atom stereocenters. The lowest BCUT2D eigenvalue weighted by Crippen LogP contribution is -1.80. The molecular weight excluding hydrogens is 182 g/mol. The molecule has 0 bridgehead atoms. The minimum atomic E-state index is 0.750. The Bertz CT molecular complexity index is 325. The number of rotatable bonds is 4. The first kappa shape index (κ1) is 9.74. The Balaban J connectivity index is 2.38. The highest BCUT2D eigenvalue weighted by Crippen LogP contribution is 2.20. The van der Waals surface area contributed by atoms with Crippen LogP contribution in [0.3, 0.4) is 0 Å². The average molecular weight is 193 g/mol. The highest BCUT2D eigenvalue weighted by atomic mass is 32.1. The number of thiophene rings is 1. The zero-order valence-corrected chi connectivity index (χ0v) is 8.17. The lowest BCUT2D eigenvalue weighted by atomic mass is 10.5. The third-order valence-electron chi connectivity index (χ3n) is 1.36. The van der Waals surface area contributed by atoms with Gasteiger partial charge in [-0.05, 0) is 31.2 Å². The van der Waals surface area contributed by atoms with Gasteiger partial charge in [-0.3, -0.25) is 4.79 Å². The van der Waals surface area contributed by atoms with E-state index in [0.717, 1.165) is 11.3 Å². The lowest BCUT2D eigenvalue weighted by molar-refractivity contribution is -0.104. The molecule has 3 heteroatoms. The molecule has 13 heavy (non-hydrogen) atoms. The first-order valence-corrected chi connectivity index (χ1v) is 4.74. The summed E-state index contributed by atoms with van der Waals surface area (Å²) < 4.78 is 0. The molecule has 1 aromatic heterocycles. The van der Waals surface area contributed by atoms with Crippen molar-refractivity contribution >= 4 is 22.6 Å². The van der Waals surface area contributed by atoms with Gasteiger partial charge in [-0.25, -0.2) is 0 Å². The van der Waals surface area contributed by atoms with Crippen LogP contribution in [-0.2, 0) is 4.79 Å². The van der Waals surface area contributed by atoms with Crippen molar-refractivity contribution in [3.05, 3.63) is 41.4 Å². The molecular formula is C10H11NOS. The Morgan fingerprint density at radius 3 is 2.77 bits per heavy atom. The van der Waals surface area contributed by atoms with Crippen LogP contribution in [0.5, 0.6) is 0 Å². The number of carbonyl (C=O) groups excluding carboxylic acids is 1. The Kier molecular flexibility index (Phi) is 3.99. The van der Waals surface area contributed by atoms with E-state index in [-0.39, 0.29) is 0 Å². The SMILES string of the molecule is Cc1ccc(N/C=C\C=C/C=O)s1. The van der Waals surface area contributed by atoms with Gasteiger partial charge in [-0.1, -0.05) is 6.08 Å². The fourth-order valence-corrected chi connectivity index (χ4v) is 1.55. The summed E-state index contributed by atoms with van der Waals surface area (Å²) >= 11 is 1.70. The van der Waals surface area contributed by atoms with E-state index in [4.69, 9.17) is 0 Å². The number of carbonyl (C=O) groups is 1. The number of aryl methyl sites for hydroxylation is 1. The maximum atomic E-state index is 9.90. The molecule has 1 heterocycles. The molecule has 0 saturated carbocycles. The van der Waals surface area contributed by atoms with Crippen LogP contribution in [0.1, 0.15) is 4.88 Å². The minimum absolute atomic E-state index is 0.750. The van der Waals surface area contributed by atoms with E-state index in [2.05, 4.69) is 18.3 Å². The second-order valence-electron chi connectivity index (χ2n) is 2.43. The zero-order valence-electron chi connectivity index (χ0n) is 7.36. The normalized spacial score (nSPS) is 11.2. The van der Waals surface area contributed by atoms with E-state index < -0.39 is 0 Å². The van der Waals surface area contributed by atoms with Crippen LogP contribution >= 0.6 is 11.3 Å². The fourth-order valence-electron chi connectivity index (χ4n) is 0.807. The van der Waals surface area contributed by atoms with Crippen molar-refractivity contribution in [3.8, 4) is 0 Å². The van der Waals surface area contributed by atoms with Gasteiger partial charge in [-0.15, -0.1) is 11.3 Å². The molecule has 0 amide bonds. The van der Waals surface area contributed by atoms with E-state index in [9.17, 15) is 4.79 Å². The number of hydrogen-bond acceptors (Lipinski definition) is 3. The predicted molar refractivity (Wildman–Crippen MR) is 57.0 cm³/mol. The van der Waals surface area contributed by atoms with Gasteiger partial charge in [-0.2, -0.15) is 0 Å².